The Bertz CT molecular complexity index is 1110. The molecule has 0 saturated heterocycles. The Hall–Kier alpha value is -1.85. The summed E-state index contributed by atoms with van der Waals surface area (Å²) in [4.78, 5) is 6.05. The van der Waals surface area contributed by atoms with Gasteiger partial charge in [-0.3, -0.25) is 0 Å². The average Bonchev–Trinajstić information content (AvgIpc) is 3.01. The fourth-order valence-electron chi connectivity index (χ4n) is 3.37. The molecule has 3 aromatic heterocycles. The monoisotopic (exact) mass is 381 g/mol. The smallest absolute Gasteiger partial charge is 0.135 e. The quantitative estimate of drug-likeness (QED) is 0.399. The van der Waals surface area contributed by atoms with Crippen LogP contribution in [0, 0.1) is 26.2 Å². The van der Waals surface area contributed by atoms with Gasteiger partial charge in [-0.1, -0.05) is 38.0 Å². The Morgan fingerprint density at radius 2 is 1.58 bits per heavy atom. The summed E-state index contributed by atoms with van der Waals surface area (Å²) in [6.45, 7) is 13.1. The molecule has 5 heteroatoms. The normalized spacial score (nSPS) is 12.4. The van der Waals surface area contributed by atoms with Crippen LogP contribution in [0.4, 0.5) is 0 Å². The number of aryl methyl sites for hydroxylation is 3. The van der Waals surface area contributed by atoms with Crippen molar-refractivity contribution in [3.8, 4) is 11.3 Å². The van der Waals surface area contributed by atoms with Gasteiger partial charge in [-0.05, 0) is 38.3 Å². The van der Waals surface area contributed by atoms with Gasteiger partial charge in [-0.2, -0.15) is 5.10 Å². The lowest BCUT2D eigenvalue weighted by atomic mass is 9.93. The van der Waals surface area contributed by atoms with Crippen molar-refractivity contribution in [2.45, 2.75) is 48.0 Å². The van der Waals surface area contributed by atoms with E-state index in [0.717, 1.165) is 28.2 Å². The minimum atomic E-state index is 0.245. The molecule has 134 valence electrons. The van der Waals surface area contributed by atoms with Crippen molar-refractivity contribution < 1.29 is 0 Å². The first kappa shape index (κ1) is 17.6. The van der Waals surface area contributed by atoms with Gasteiger partial charge >= 0.3 is 0 Å². The average molecular weight is 382 g/mol. The number of benzene rings is 1. The van der Waals surface area contributed by atoms with Crippen molar-refractivity contribution in [2.24, 2.45) is 5.41 Å². The zero-order chi connectivity index (χ0) is 18.6. The molecule has 0 spiro atoms. The SMILES string of the molecule is Cc1cc(C)cc(-c2nnc(C)c3c2sc2nc(CC(C)(C)C)sc23)c1. The van der Waals surface area contributed by atoms with Crippen LogP contribution >= 0.6 is 22.7 Å². The zero-order valence-electron chi connectivity index (χ0n) is 16.1. The molecular formula is C21H23N3S2. The molecule has 26 heavy (non-hydrogen) atoms. The second kappa shape index (κ2) is 6.10. The van der Waals surface area contributed by atoms with E-state index in [-0.39, 0.29) is 5.41 Å². The van der Waals surface area contributed by atoms with E-state index in [9.17, 15) is 0 Å². The van der Waals surface area contributed by atoms with Crippen LogP contribution in [0.2, 0.25) is 0 Å². The van der Waals surface area contributed by atoms with Gasteiger partial charge in [0.05, 0.1) is 20.1 Å². The van der Waals surface area contributed by atoms with E-state index in [2.05, 4.69) is 69.9 Å². The van der Waals surface area contributed by atoms with E-state index < -0.39 is 0 Å². The molecule has 4 aromatic rings. The number of thiazole rings is 1. The van der Waals surface area contributed by atoms with E-state index in [1.54, 1.807) is 11.3 Å². The molecule has 0 atom stereocenters. The van der Waals surface area contributed by atoms with E-state index in [0.29, 0.717) is 0 Å². The summed E-state index contributed by atoms with van der Waals surface area (Å²) in [6, 6.07) is 6.58. The molecule has 1 aromatic carbocycles. The molecule has 4 rings (SSSR count). The van der Waals surface area contributed by atoms with E-state index >= 15 is 0 Å². The first-order valence-corrected chi connectivity index (χ1v) is 10.5. The highest BCUT2D eigenvalue weighted by Gasteiger charge is 2.21. The van der Waals surface area contributed by atoms with E-state index in [1.807, 2.05) is 11.3 Å². The molecule has 0 unspecified atom stereocenters. The summed E-state index contributed by atoms with van der Waals surface area (Å²) in [6.07, 6.45) is 1.00. The van der Waals surface area contributed by atoms with Gasteiger partial charge in [0.25, 0.3) is 0 Å². The van der Waals surface area contributed by atoms with Gasteiger partial charge in [0.15, 0.2) is 0 Å². The van der Waals surface area contributed by atoms with Crippen LogP contribution in [0.15, 0.2) is 18.2 Å². The number of hydrogen-bond donors (Lipinski definition) is 0. The van der Waals surface area contributed by atoms with Crippen LogP contribution in [0.5, 0.6) is 0 Å². The predicted molar refractivity (Wildman–Crippen MR) is 113 cm³/mol. The summed E-state index contributed by atoms with van der Waals surface area (Å²) < 4.78 is 2.47. The molecule has 0 amide bonds. The second-order valence-electron chi connectivity index (χ2n) is 8.30. The molecule has 0 saturated carbocycles. The molecule has 3 heterocycles. The summed E-state index contributed by atoms with van der Waals surface area (Å²) in [7, 11) is 0. The summed E-state index contributed by atoms with van der Waals surface area (Å²) in [5, 5.41) is 11.5. The Balaban J connectivity index is 1.94. The van der Waals surface area contributed by atoms with Gasteiger partial charge < -0.3 is 0 Å². The van der Waals surface area contributed by atoms with Gasteiger partial charge in [0.2, 0.25) is 0 Å². The van der Waals surface area contributed by atoms with E-state index in [4.69, 9.17) is 4.98 Å². The zero-order valence-corrected chi connectivity index (χ0v) is 17.7. The maximum Gasteiger partial charge on any atom is 0.135 e. The maximum absolute atomic E-state index is 4.93. The van der Waals surface area contributed by atoms with Gasteiger partial charge in [-0.15, -0.1) is 27.8 Å². The summed E-state index contributed by atoms with van der Waals surface area (Å²) in [5.74, 6) is 0. The number of nitrogens with zero attached hydrogens (tertiary/aromatic N) is 3. The van der Waals surface area contributed by atoms with Crippen molar-refractivity contribution in [1.29, 1.82) is 0 Å². The third kappa shape index (κ3) is 3.14. The van der Waals surface area contributed by atoms with Crippen LogP contribution in [-0.2, 0) is 6.42 Å². The third-order valence-electron chi connectivity index (χ3n) is 4.35. The fraction of sp³-hybridized carbons (Fsp3) is 0.381. The topological polar surface area (TPSA) is 38.7 Å². The Morgan fingerprint density at radius 3 is 2.23 bits per heavy atom. The van der Waals surface area contributed by atoms with E-state index in [1.165, 1.54) is 30.9 Å². The standard InChI is InChI=1S/C21H23N3S2/c1-11-7-12(2)9-14(8-11)17-18-16(13(3)23-24-17)19-20(26-18)22-15(25-19)10-21(4,5)6/h7-9H,10H2,1-6H3. The first-order chi connectivity index (χ1) is 12.2. The largest absolute Gasteiger partial charge is 0.230 e. The minimum absolute atomic E-state index is 0.245. The number of rotatable bonds is 2. The van der Waals surface area contributed by atoms with Crippen molar-refractivity contribution >= 4 is 42.3 Å². The highest BCUT2D eigenvalue weighted by atomic mass is 32.1. The number of hydrogen-bond acceptors (Lipinski definition) is 5. The van der Waals surface area contributed by atoms with Crippen LogP contribution in [0.25, 0.3) is 30.9 Å². The molecule has 3 nitrogen and oxygen atoms in total. The van der Waals surface area contributed by atoms with Crippen molar-refractivity contribution in [3.63, 3.8) is 0 Å². The Labute approximate surface area is 162 Å². The van der Waals surface area contributed by atoms with Crippen LogP contribution in [0.1, 0.15) is 42.6 Å². The number of thiophene rings is 1. The second-order valence-corrected chi connectivity index (χ2v) is 10.4. The predicted octanol–water partition coefficient (Wildman–Crippen LogP) is 6.48. The highest BCUT2D eigenvalue weighted by Crippen LogP contribution is 2.43. The highest BCUT2D eigenvalue weighted by molar-refractivity contribution is 7.32. The lowest BCUT2D eigenvalue weighted by Crippen LogP contribution is -2.08. The Morgan fingerprint density at radius 1 is 0.885 bits per heavy atom. The van der Waals surface area contributed by atoms with Crippen LogP contribution in [-0.4, -0.2) is 15.2 Å². The van der Waals surface area contributed by atoms with Gasteiger partial charge in [0, 0.05) is 17.4 Å². The van der Waals surface area contributed by atoms with Crippen LogP contribution < -0.4 is 0 Å². The molecule has 0 aliphatic carbocycles. The molecule has 0 aliphatic rings. The molecule has 0 N–H and O–H groups in total. The third-order valence-corrected chi connectivity index (χ3v) is 6.64. The molecule has 0 radical (unpaired) electrons. The van der Waals surface area contributed by atoms with Crippen molar-refractivity contribution in [1.82, 2.24) is 15.2 Å². The molecule has 0 fully saturated rings. The number of fused-ring (bicyclic) bond motifs is 3. The maximum atomic E-state index is 4.93. The fourth-order valence-corrected chi connectivity index (χ4v) is 6.26. The van der Waals surface area contributed by atoms with Crippen molar-refractivity contribution in [3.05, 3.63) is 40.0 Å². The minimum Gasteiger partial charge on any atom is -0.230 e. The summed E-state index contributed by atoms with van der Waals surface area (Å²) in [5.41, 5.74) is 5.85. The van der Waals surface area contributed by atoms with Gasteiger partial charge in [0.1, 0.15) is 10.5 Å². The molecule has 0 bridgehead atoms. The lowest BCUT2D eigenvalue weighted by Gasteiger charge is -2.15. The number of aromatic nitrogens is 3. The van der Waals surface area contributed by atoms with Crippen molar-refractivity contribution in [2.75, 3.05) is 0 Å². The summed E-state index contributed by atoms with van der Waals surface area (Å²) >= 11 is 3.57. The lowest BCUT2D eigenvalue weighted by molar-refractivity contribution is 0.411. The van der Waals surface area contributed by atoms with Gasteiger partial charge in [-0.25, -0.2) is 4.98 Å². The first-order valence-electron chi connectivity index (χ1n) is 8.85. The van der Waals surface area contributed by atoms with Crippen LogP contribution in [0.3, 0.4) is 0 Å². The molecular weight excluding hydrogens is 358 g/mol. The Kier molecular flexibility index (Phi) is 4.12. The molecule has 0 aliphatic heterocycles.